The van der Waals surface area contributed by atoms with E-state index >= 15 is 0 Å². The first-order valence-electron chi connectivity index (χ1n) is 8.70. The molecule has 5 rings (SSSR count). The molecule has 0 nitrogen and oxygen atoms in total. The van der Waals surface area contributed by atoms with E-state index in [9.17, 15) is 0 Å². The van der Waals surface area contributed by atoms with E-state index in [4.69, 9.17) is 0 Å². The second-order valence-corrected chi connectivity index (χ2v) is 5.96. The van der Waals surface area contributed by atoms with Crippen LogP contribution >= 0.6 is 0 Å². The molecule has 0 aromatic heterocycles. The van der Waals surface area contributed by atoms with Crippen molar-refractivity contribution in [3.05, 3.63) is 119 Å². The third-order valence-electron chi connectivity index (χ3n) is 4.31. The molecule has 0 amide bonds. The highest BCUT2D eigenvalue weighted by Gasteiger charge is 2.00. The molecule has 0 heteroatoms. The summed E-state index contributed by atoms with van der Waals surface area (Å²) in [5.41, 5.74) is 7.75. The molecule has 0 unspecified atom stereocenters. The van der Waals surface area contributed by atoms with Crippen LogP contribution in [0.15, 0.2) is 86.0 Å². The molecule has 26 heavy (non-hydrogen) atoms. The van der Waals surface area contributed by atoms with Crippen LogP contribution in [-0.2, 0) is 0 Å². The summed E-state index contributed by atoms with van der Waals surface area (Å²) in [6, 6.07) is 24.7. The molecule has 0 bridgehead atoms. The summed E-state index contributed by atoms with van der Waals surface area (Å²) in [5, 5.41) is 0. The van der Waals surface area contributed by atoms with Crippen LogP contribution in [-0.4, -0.2) is 0 Å². The highest BCUT2D eigenvalue weighted by Crippen LogP contribution is 2.22. The first kappa shape index (κ1) is 17.4. The molecule has 0 saturated heterocycles. The molecule has 0 N–H and O–H groups in total. The van der Waals surface area contributed by atoms with Crippen molar-refractivity contribution in [1.82, 2.24) is 0 Å². The second kappa shape index (κ2) is 8.64. The van der Waals surface area contributed by atoms with Gasteiger partial charge in [0.05, 0.1) is 0 Å². The van der Waals surface area contributed by atoms with Gasteiger partial charge in [0.1, 0.15) is 0 Å². The number of hydrogen-bond donors (Lipinski definition) is 0. The van der Waals surface area contributed by atoms with Crippen LogP contribution in [0.25, 0.3) is 36.5 Å². The monoisotopic (exact) mass is 334 g/mol. The van der Waals surface area contributed by atoms with Crippen molar-refractivity contribution in [3.8, 4) is 0 Å². The number of hydrogen-bond acceptors (Lipinski definition) is 0. The normalized spacial score (nSPS) is 11.1. The first-order valence-corrected chi connectivity index (χ1v) is 8.70. The SMILES string of the molecule is C1=Cc2ccccc21.C1=Cc2ccccc21.C=Cc1ccccc1C=C. The summed E-state index contributed by atoms with van der Waals surface area (Å²) in [7, 11) is 0. The fraction of sp³-hybridized carbons (Fsp3) is 0. The Hall–Kier alpha value is -3.38. The highest BCUT2D eigenvalue weighted by molar-refractivity contribution is 5.85. The lowest BCUT2D eigenvalue weighted by Crippen LogP contribution is -1.85. The zero-order valence-corrected chi connectivity index (χ0v) is 14.8. The molecule has 0 heterocycles. The maximum absolute atomic E-state index is 3.69. The second-order valence-electron chi connectivity index (χ2n) is 5.96. The van der Waals surface area contributed by atoms with Crippen molar-refractivity contribution < 1.29 is 0 Å². The Morgan fingerprint density at radius 3 is 0.885 bits per heavy atom. The molecule has 0 radical (unpaired) electrons. The summed E-state index contributed by atoms with van der Waals surface area (Å²) in [5.74, 6) is 0. The maximum atomic E-state index is 3.69. The Balaban J connectivity index is 0.000000114. The Labute approximate surface area is 156 Å². The van der Waals surface area contributed by atoms with Gasteiger partial charge in [0.2, 0.25) is 0 Å². The van der Waals surface area contributed by atoms with E-state index in [1.807, 2.05) is 36.4 Å². The maximum Gasteiger partial charge on any atom is -0.0184 e. The third kappa shape index (κ3) is 4.17. The molecule has 126 valence electrons. The van der Waals surface area contributed by atoms with Gasteiger partial charge in [0.25, 0.3) is 0 Å². The van der Waals surface area contributed by atoms with Crippen LogP contribution in [0.3, 0.4) is 0 Å². The number of rotatable bonds is 2. The topological polar surface area (TPSA) is 0 Å². The third-order valence-corrected chi connectivity index (χ3v) is 4.31. The van der Waals surface area contributed by atoms with E-state index in [0.717, 1.165) is 11.1 Å². The van der Waals surface area contributed by atoms with Gasteiger partial charge in [-0.1, -0.05) is 122 Å². The van der Waals surface area contributed by atoms with E-state index in [1.54, 1.807) is 0 Å². The molecule has 0 saturated carbocycles. The minimum Gasteiger partial charge on any atom is -0.0984 e. The minimum absolute atomic E-state index is 1.14. The van der Waals surface area contributed by atoms with Crippen LogP contribution in [0, 0.1) is 0 Å². The summed E-state index contributed by atoms with van der Waals surface area (Å²) < 4.78 is 0. The Morgan fingerprint density at radius 1 is 0.423 bits per heavy atom. The van der Waals surface area contributed by atoms with Crippen molar-refractivity contribution in [2.75, 3.05) is 0 Å². The predicted octanol–water partition coefficient (Wildman–Crippen LogP) is 7.31. The van der Waals surface area contributed by atoms with Gasteiger partial charge in [-0.25, -0.2) is 0 Å². The summed E-state index contributed by atoms with van der Waals surface area (Å²) in [6.45, 7) is 7.38. The highest BCUT2D eigenvalue weighted by atomic mass is 14.0. The van der Waals surface area contributed by atoms with Gasteiger partial charge in [0, 0.05) is 0 Å². The molecule has 2 aliphatic rings. The standard InChI is InChI=1S/C10H10.2C8H6/c1-3-9-7-5-6-8-10(9)4-2;2*1-2-4-8-6-5-7(8)3-1/h3-8H,1-2H2;2*1-6H. The predicted molar refractivity (Wildman–Crippen MR) is 117 cm³/mol. The van der Waals surface area contributed by atoms with Crippen LogP contribution in [0.5, 0.6) is 0 Å². The minimum atomic E-state index is 1.14. The quantitative estimate of drug-likeness (QED) is 0.317. The van der Waals surface area contributed by atoms with Gasteiger partial charge in [-0.15, -0.1) is 0 Å². The lowest BCUT2D eigenvalue weighted by atomic mass is 9.99. The summed E-state index contributed by atoms with van der Waals surface area (Å²) in [6.07, 6.45) is 12.1. The molecular formula is C26H22. The zero-order valence-electron chi connectivity index (χ0n) is 14.8. The van der Waals surface area contributed by atoms with E-state index in [2.05, 4.69) is 86.0 Å². The smallest absolute Gasteiger partial charge is 0.0184 e. The van der Waals surface area contributed by atoms with E-state index in [1.165, 1.54) is 22.3 Å². The van der Waals surface area contributed by atoms with Crippen molar-refractivity contribution in [3.63, 3.8) is 0 Å². The van der Waals surface area contributed by atoms with Crippen LogP contribution in [0.4, 0.5) is 0 Å². The number of fused-ring (bicyclic) bond motifs is 2. The Kier molecular flexibility index (Phi) is 5.80. The summed E-state index contributed by atoms with van der Waals surface area (Å²) in [4.78, 5) is 0. The number of benzene rings is 3. The molecule has 2 aliphatic carbocycles. The van der Waals surface area contributed by atoms with Crippen LogP contribution in [0.2, 0.25) is 0 Å². The van der Waals surface area contributed by atoms with Gasteiger partial charge in [-0.05, 0) is 33.4 Å². The van der Waals surface area contributed by atoms with Crippen molar-refractivity contribution >= 4 is 36.5 Å². The van der Waals surface area contributed by atoms with Crippen molar-refractivity contribution in [2.24, 2.45) is 0 Å². The Morgan fingerprint density at radius 2 is 0.692 bits per heavy atom. The van der Waals surface area contributed by atoms with Crippen molar-refractivity contribution in [2.45, 2.75) is 0 Å². The lowest BCUT2D eigenvalue weighted by Gasteiger charge is -2.06. The van der Waals surface area contributed by atoms with Crippen molar-refractivity contribution in [1.29, 1.82) is 0 Å². The molecular weight excluding hydrogens is 312 g/mol. The van der Waals surface area contributed by atoms with Gasteiger partial charge in [-0.2, -0.15) is 0 Å². The Bertz CT molecular complexity index is 840. The van der Waals surface area contributed by atoms with E-state index < -0.39 is 0 Å². The molecule has 0 atom stereocenters. The van der Waals surface area contributed by atoms with E-state index in [-0.39, 0.29) is 0 Å². The molecule has 0 fully saturated rings. The average molecular weight is 334 g/mol. The summed E-state index contributed by atoms with van der Waals surface area (Å²) >= 11 is 0. The van der Waals surface area contributed by atoms with Crippen LogP contribution in [0.1, 0.15) is 33.4 Å². The lowest BCUT2D eigenvalue weighted by molar-refractivity contribution is 1.58. The largest absolute Gasteiger partial charge is 0.0984 e. The van der Waals surface area contributed by atoms with Gasteiger partial charge >= 0.3 is 0 Å². The zero-order chi connectivity index (χ0) is 18.2. The average Bonchev–Trinajstić information content (AvgIpc) is 2.65. The fourth-order valence-electron chi connectivity index (χ4n) is 2.68. The molecule has 3 aromatic rings. The fourth-order valence-corrected chi connectivity index (χ4v) is 2.68. The molecule has 0 spiro atoms. The van der Waals surface area contributed by atoms with Gasteiger partial charge in [-0.3, -0.25) is 0 Å². The van der Waals surface area contributed by atoms with E-state index in [0.29, 0.717) is 0 Å². The first-order chi connectivity index (χ1) is 12.8. The molecule has 3 aromatic carbocycles. The van der Waals surface area contributed by atoms with Gasteiger partial charge < -0.3 is 0 Å². The molecule has 0 aliphatic heterocycles. The van der Waals surface area contributed by atoms with Gasteiger partial charge in [0.15, 0.2) is 0 Å². The van der Waals surface area contributed by atoms with Crippen LogP contribution < -0.4 is 0 Å².